The number of methoxy groups -OCH3 is 1. The Morgan fingerprint density at radius 2 is 1.94 bits per heavy atom. The van der Waals surface area contributed by atoms with E-state index in [9.17, 15) is 10.1 Å². The Morgan fingerprint density at radius 3 is 2.68 bits per heavy atom. The molecule has 0 aliphatic heterocycles. The highest BCUT2D eigenvalue weighted by Crippen LogP contribution is 2.30. The van der Waals surface area contributed by atoms with Gasteiger partial charge in [0.15, 0.2) is 18.1 Å². The van der Waals surface area contributed by atoms with Crippen LogP contribution in [-0.4, -0.2) is 29.6 Å². The quantitative estimate of drug-likeness (QED) is 0.310. The average molecular weight is 493 g/mol. The number of amides is 1. The van der Waals surface area contributed by atoms with Crippen molar-refractivity contribution in [1.29, 1.82) is 5.26 Å². The third kappa shape index (κ3) is 5.31. The van der Waals surface area contributed by atoms with Crippen LogP contribution in [0.4, 0.5) is 5.69 Å². The number of nitrogens with one attached hydrogen (secondary N) is 2. The van der Waals surface area contributed by atoms with Crippen LogP contribution >= 0.6 is 23.2 Å². The van der Waals surface area contributed by atoms with Crippen molar-refractivity contribution < 1.29 is 14.3 Å². The van der Waals surface area contributed by atoms with Crippen molar-refractivity contribution in [2.75, 3.05) is 19.0 Å². The first kappa shape index (κ1) is 23.2. The van der Waals surface area contributed by atoms with Gasteiger partial charge in [-0.25, -0.2) is 4.98 Å². The Labute approximate surface area is 205 Å². The molecule has 0 unspecified atom stereocenters. The molecule has 1 amide bonds. The number of para-hydroxylation sites is 2. The molecule has 7 nitrogen and oxygen atoms in total. The second-order valence-electron chi connectivity index (χ2n) is 7.15. The number of imidazole rings is 1. The van der Waals surface area contributed by atoms with E-state index in [0.717, 1.165) is 11.0 Å². The molecule has 0 saturated heterocycles. The van der Waals surface area contributed by atoms with Crippen molar-refractivity contribution >= 4 is 57.5 Å². The molecule has 0 atom stereocenters. The predicted molar refractivity (Wildman–Crippen MR) is 133 cm³/mol. The van der Waals surface area contributed by atoms with Gasteiger partial charge in [-0.1, -0.05) is 41.4 Å². The number of carbonyl (C=O) groups excluding carboxylic acids is 1. The lowest BCUT2D eigenvalue weighted by atomic mass is 10.1. The van der Waals surface area contributed by atoms with E-state index in [-0.39, 0.29) is 12.5 Å². The summed E-state index contributed by atoms with van der Waals surface area (Å²) in [4.78, 5) is 19.9. The number of halogens is 2. The molecule has 4 rings (SSSR count). The number of benzene rings is 3. The summed E-state index contributed by atoms with van der Waals surface area (Å²) in [6.45, 7) is -0.242. The van der Waals surface area contributed by atoms with Gasteiger partial charge in [0.2, 0.25) is 0 Å². The van der Waals surface area contributed by atoms with Crippen LogP contribution in [0.25, 0.3) is 22.7 Å². The normalized spacial score (nSPS) is 11.2. The van der Waals surface area contributed by atoms with Gasteiger partial charge in [-0.2, -0.15) is 5.26 Å². The molecule has 34 heavy (non-hydrogen) atoms. The number of hydrogen-bond donors (Lipinski definition) is 2. The molecule has 3 aromatic carbocycles. The number of allylic oxidation sites excluding steroid dienone is 1. The number of anilines is 1. The zero-order valence-electron chi connectivity index (χ0n) is 17.9. The molecule has 2 N–H and O–H groups in total. The molecule has 0 saturated carbocycles. The highest BCUT2D eigenvalue weighted by Gasteiger charge is 2.12. The SMILES string of the molecule is COc1cc(C=C(C#N)c2nc3ccccc3[nH]2)ccc1OCC(=O)Nc1ccc(Cl)c(Cl)c1. The summed E-state index contributed by atoms with van der Waals surface area (Å²) >= 11 is 11.9. The van der Waals surface area contributed by atoms with Gasteiger partial charge in [0, 0.05) is 5.69 Å². The van der Waals surface area contributed by atoms with E-state index < -0.39 is 0 Å². The molecule has 0 aliphatic carbocycles. The molecule has 0 bridgehead atoms. The minimum absolute atomic E-state index is 0.242. The van der Waals surface area contributed by atoms with Gasteiger partial charge < -0.3 is 19.8 Å². The molecule has 4 aromatic rings. The predicted octanol–water partition coefficient (Wildman–Crippen LogP) is 5.96. The summed E-state index contributed by atoms with van der Waals surface area (Å²) in [7, 11) is 1.50. The Hall–Kier alpha value is -3.99. The Kier molecular flexibility index (Phi) is 7.02. The van der Waals surface area contributed by atoms with Crippen LogP contribution in [0.15, 0.2) is 60.7 Å². The topological polar surface area (TPSA) is 100 Å². The van der Waals surface area contributed by atoms with Crippen molar-refractivity contribution in [3.8, 4) is 17.6 Å². The smallest absolute Gasteiger partial charge is 0.262 e. The number of aromatic amines is 1. The van der Waals surface area contributed by atoms with E-state index >= 15 is 0 Å². The summed E-state index contributed by atoms with van der Waals surface area (Å²) in [5.74, 6) is 0.896. The lowest BCUT2D eigenvalue weighted by Gasteiger charge is -2.12. The zero-order valence-corrected chi connectivity index (χ0v) is 19.4. The Bertz CT molecular complexity index is 1410. The third-order valence-electron chi connectivity index (χ3n) is 4.83. The maximum absolute atomic E-state index is 12.3. The van der Waals surface area contributed by atoms with Gasteiger partial charge >= 0.3 is 0 Å². The maximum Gasteiger partial charge on any atom is 0.262 e. The van der Waals surface area contributed by atoms with Gasteiger partial charge in [0.1, 0.15) is 11.9 Å². The van der Waals surface area contributed by atoms with Crippen LogP contribution in [0.3, 0.4) is 0 Å². The summed E-state index contributed by atoms with van der Waals surface area (Å²) in [5.41, 5.74) is 3.21. The monoisotopic (exact) mass is 492 g/mol. The number of nitriles is 1. The minimum atomic E-state index is -0.374. The van der Waals surface area contributed by atoms with Gasteiger partial charge in [0.05, 0.1) is 33.8 Å². The summed E-state index contributed by atoms with van der Waals surface area (Å²) < 4.78 is 11.0. The molecular formula is C25H18Cl2N4O3. The largest absolute Gasteiger partial charge is 0.493 e. The van der Waals surface area contributed by atoms with Gasteiger partial charge in [-0.3, -0.25) is 4.79 Å². The van der Waals surface area contributed by atoms with E-state index in [1.54, 1.807) is 42.5 Å². The number of hydrogen-bond acceptors (Lipinski definition) is 5. The lowest BCUT2D eigenvalue weighted by molar-refractivity contribution is -0.118. The number of ether oxygens (including phenoxy) is 2. The van der Waals surface area contributed by atoms with E-state index in [4.69, 9.17) is 32.7 Å². The number of carbonyl (C=O) groups is 1. The van der Waals surface area contributed by atoms with Crippen molar-refractivity contribution in [2.24, 2.45) is 0 Å². The zero-order chi connectivity index (χ0) is 24.1. The van der Waals surface area contributed by atoms with E-state index in [1.807, 2.05) is 24.3 Å². The summed E-state index contributed by atoms with van der Waals surface area (Å²) in [6.07, 6.45) is 1.70. The lowest BCUT2D eigenvalue weighted by Crippen LogP contribution is -2.20. The summed E-state index contributed by atoms with van der Waals surface area (Å²) in [5, 5.41) is 13.1. The van der Waals surface area contributed by atoms with Crippen LogP contribution in [-0.2, 0) is 4.79 Å². The average Bonchev–Trinajstić information content (AvgIpc) is 3.28. The fourth-order valence-corrected chi connectivity index (χ4v) is 3.51. The fourth-order valence-electron chi connectivity index (χ4n) is 3.21. The van der Waals surface area contributed by atoms with E-state index in [2.05, 4.69) is 21.4 Å². The molecule has 1 aromatic heterocycles. The molecule has 0 radical (unpaired) electrons. The highest BCUT2D eigenvalue weighted by molar-refractivity contribution is 6.42. The number of rotatable bonds is 7. The van der Waals surface area contributed by atoms with E-state index in [1.165, 1.54) is 7.11 Å². The van der Waals surface area contributed by atoms with Crippen LogP contribution in [0.5, 0.6) is 11.5 Å². The van der Waals surface area contributed by atoms with E-state index in [0.29, 0.717) is 44.2 Å². The second kappa shape index (κ2) is 10.3. The number of nitrogens with zero attached hydrogens (tertiary/aromatic N) is 2. The molecule has 1 heterocycles. The maximum atomic E-state index is 12.3. The fraction of sp³-hybridized carbons (Fsp3) is 0.0800. The van der Waals surface area contributed by atoms with Gasteiger partial charge in [0.25, 0.3) is 5.91 Å². The first-order valence-corrected chi connectivity index (χ1v) is 10.8. The van der Waals surface area contributed by atoms with Gasteiger partial charge in [-0.15, -0.1) is 0 Å². The summed E-state index contributed by atoms with van der Waals surface area (Å²) in [6, 6.07) is 19.7. The second-order valence-corrected chi connectivity index (χ2v) is 7.96. The first-order chi connectivity index (χ1) is 16.5. The van der Waals surface area contributed by atoms with Crippen molar-refractivity contribution in [3.63, 3.8) is 0 Å². The van der Waals surface area contributed by atoms with Crippen molar-refractivity contribution in [1.82, 2.24) is 9.97 Å². The molecule has 0 aliphatic rings. The van der Waals surface area contributed by atoms with Crippen molar-refractivity contribution in [2.45, 2.75) is 0 Å². The van der Waals surface area contributed by atoms with Crippen LogP contribution in [0.2, 0.25) is 10.0 Å². The van der Waals surface area contributed by atoms with Crippen LogP contribution in [0, 0.1) is 11.3 Å². The third-order valence-corrected chi connectivity index (χ3v) is 5.56. The molecule has 170 valence electrons. The van der Waals surface area contributed by atoms with Crippen molar-refractivity contribution in [3.05, 3.63) is 82.1 Å². The Morgan fingerprint density at radius 1 is 1.12 bits per heavy atom. The number of fused-ring (bicyclic) bond motifs is 1. The van der Waals surface area contributed by atoms with Gasteiger partial charge in [-0.05, 0) is 54.1 Å². The minimum Gasteiger partial charge on any atom is -0.493 e. The molecule has 0 fully saturated rings. The number of H-pyrrole nitrogens is 1. The van der Waals surface area contributed by atoms with Crippen LogP contribution < -0.4 is 14.8 Å². The van der Waals surface area contributed by atoms with Crippen LogP contribution in [0.1, 0.15) is 11.4 Å². The number of aromatic nitrogens is 2. The first-order valence-electron chi connectivity index (χ1n) is 10.1. The Balaban J connectivity index is 1.47. The molecular weight excluding hydrogens is 475 g/mol. The molecule has 0 spiro atoms. The standard InChI is InChI=1S/C25H18Cl2N4O3/c1-33-23-11-15(10-16(13-28)25-30-20-4-2-3-5-21(20)31-25)6-9-22(23)34-14-24(32)29-17-7-8-18(26)19(27)12-17/h2-12H,14H2,1H3,(H,29,32)(H,30,31). The molecule has 9 heteroatoms. The highest BCUT2D eigenvalue weighted by atomic mass is 35.5.